The van der Waals surface area contributed by atoms with E-state index in [4.69, 9.17) is 0 Å². The standard InChI is InChI=1S/C10H15O.3C4H9.Sn/c1-3-5-6-7-9-10(11)8-4-2;3*1-3-4-2;/h2-5,7,9-11H,6,8H2,1H3;3*1,3-4H2,2H3;/b4-2?,5-3+,9-7+;;;;/t10-;;;;/m1..../s1. The molecule has 0 aromatic heterocycles. The van der Waals surface area contributed by atoms with Crippen molar-refractivity contribution >= 4 is 18.4 Å². The Kier molecular flexibility index (Phi) is 16.4. The summed E-state index contributed by atoms with van der Waals surface area (Å²) in [6.45, 7) is 8.99. The molecule has 0 saturated heterocycles. The molecule has 0 bridgehead atoms. The van der Waals surface area contributed by atoms with Crippen LogP contribution in [0, 0.1) is 0 Å². The van der Waals surface area contributed by atoms with Crippen molar-refractivity contribution in [3.8, 4) is 0 Å². The van der Waals surface area contributed by atoms with Gasteiger partial charge in [-0.3, -0.25) is 0 Å². The van der Waals surface area contributed by atoms with Crippen LogP contribution >= 0.6 is 0 Å². The van der Waals surface area contributed by atoms with Crippen LogP contribution in [-0.4, -0.2) is 29.6 Å². The molecule has 0 fully saturated rings. The summed E-state index contributed by atoms with van der Waals surface area (Å²) in [6.07, 6.45) is 20.1. The number of hydrogen-bond donors (Lipinski definition) is 1. The Labute approximate surface area is 156 Å². The van der Waals surface area contributed by atoms with Crippen molar-refractivity contribution in [2.75, 3.05) is 0 Å². The van der Waals surface area contributed by atoms with Crippen LogP contribution in [0.5, 0.6) is 0 Å². The number of hydrogen-bond acceptors (Lipinski definition) is 1. The van der Waals surface area contributed by atoms with Crippen molar-refractivity contribution in [2.45, 2.75) is 98.5 Å². The monoisotopic (exact) mass is 442 g/mol. The van der Waals surface area contributed by atoms with Crippen molar-refractivity contribution in [2.24, 2.45) is 0 Å². The Morgan fingerprint density at radius 3 is 1.83 bits per heavy atom. The van der Waals surface area contributed by atoms with Gasteiger partial charge < -0.3 is 0 Å². The summed E-state index contributed by atoms with van der Waals surface area (Å²) >= 11 is -2.14. The van der Waals surface area contributed by atoms with E-state index in [0.29, 0.717) is 0 Å². The Morgan fingerprint density at radius 2 is 1.38 bits per heavy atom. The molecule has 0 rings (SSSR count). The molecule has 1 nitrogen and oxygen atoms in total. The van der Waals surface area contributed by atoms with Crippen LogP contribution in [0.25, 0.3) is 0 Å². The third-order valence-corrected chi connectivity index (χ3v) is 19.0. The van der Waals surface area contributed by atoms with Crippen molar-refractivity contribution in [3.63, 3.8) is 0 Å². The quantitative estimate of drug-likeness (QED) is 0.210. The van der Waals surface area contributed by atoms with Gasteiger partial charge in [-0.15, -0.1) is 0 Å². The molecule has 0 aliphatic heterocycles. The molecule has 0 aliphatic carbocycles. The fourth-order valence-corrected chi connectivity index (χ4v) is 17.6. The third kappa shape index (κ3) is 12.4. The van der Waals surface area contributed by atoms with E-state index in [1.165, 1.54) is 51.8 Å². The SMILES string of the molecule is C/C=C/C/C=C/[C@H](O)C/C=[CH]/[Sn]([CH2]CCC)([CH2]CCC)[CH2]CCC. The van der Waals surface area contributed by atoms with Gasteiger partial charge in [-0.05, 0) is 0 Å². The molecule has 0 amide bonds. The zero-order valence-corrected chi connectivity index (χ0v) is 19.6. The molecule has 1 atom stereocenters. The van der Waals surface area contributed by atoms with Crippen LogP contribution in [0.4, 0.5) is 0 Å². The average Bonchev–Trinajstić information content (AvgIpc) is 2.59. The summed E-state index contributed by atoms with van der Waals surface area (Å²) in [5.74, 6) is 0. The Balaban J connectivity index is 4.75. The molecule has 0 spiro atoms. The van der Waals surface area contributed by atoms with Gasteiger partial charge in [-0.1, -0.05) is 0 Å². The number of rotatable bonds is 15. The summed E-state index contributed by atoms with van der Waals surface area (Å²) < 4.78 is 7.19. The summed E-state index contributed by atoms with van der Waals surface area (Å²) in [4.78, 5) is 0. The first-order valence-corrected chi connectivity index (χ1v) is 18.0. The molecule has 24 heavy (non-hydrogen) atoms. The van der Waals surface area contributed by atoms with Crippen LogP contribution in [0.3, 0.4) is 0 Å². The molecule has 0 aromatic carbocycles. The second-order valence-electron chi connectivity index (χ2n) is 7.11. The molecule has 0 heterocycles. The predicted molar refractivity (Wildman–Crippen MR) is 113 cm³/mol. The number of allylic oxidation sites excluding steroid dienone is 3. The van der Waals surface area contributed by atoms with Crippen LogP contribution in [0.1, 0.15) is 79.1 Å². The molecule has 0 saturated carbocycles. The first kappa shape index (κ1) is 24.0. The van der Waals surface area contributed by atoms with E-state index in [2.05, 4.69) is 49.2 Å². The van der Waals surface area contributed by atoms with E-state index < -0.39 is 18.4 Å². The normalized spacial score (nSPS) is 14.4. The number of aliphatic hydroxyl groups excluding tert-OH is 1. The maximum atomic E-state index is 10.1. The first-order valence-electron chi connectivity index (χ1n) is 10.3. The molecule has 0 aliphatic rings. The molecular formula is C22H42OSn. The zero-order valence-electron chi connectivity index (χ0n) is 16.8. The van der Waals surface area contributed by atoms with Crippen molar-refractivity contribution < 1.29 is 5.11 Å². The summed E-state index contributed by atoms with van der Waals surface area (Å²) in [6, 6.07) is 0. The van der Waals surface area contributed by atoms with Gasteiger partial charge in [0.2, 0.25) is 0 Å². The first-order chi connectivity index (χ1) is 11.6. The number of unbranched alkanes of at least 4 members (excludes halogenated alkanes) is 3. The summed E-state index contributed by atoms with van der Waals surface area (Å²) in [7, 11) is 0. The van der Waals surface area contributed by atoms with E-state index >= 15 is 0 Å². The molecule has 140 valence electrons. The predicted octanol–water partition coefficient (Wildman–Crippen LogP) is 7.20. The Hall–Kier alpha value is -0.0213. The van der Waals surface area contributed by atoms with Crippen molar-refractivity contribution in [1.82, 2.24) is 0 Å². The van der Waals surface area contributed by atoms with Gasteiger partial charge in [0.25, 0.3) is 0 Å². The van der Waals surface area contributed by atoms with Gasteiger partial charge in [0.15, 0.2) is 0 Å². The van der Waals surface area contributed by atoms with E-state index in [-0.39, 0.29) is 6.10 Å². The Morgan fingerprint density at radius 1 is 0.833 bits per heavy atom. The fraction of sp³-hybridized carbons (Fsp3) is 0.727. The second-order valence-corrected chi connectivity index (χ2v) is 20.1. The van der Waals surface area contributed by atoms with E-state index in [1.54, 1.807) is 0 Å². The third-order valence-electron chi connectivity index (χ3n) is 4.80. The van der Waals surface area contributed by atoms with Gasteiger partial charge in [0.1, 0.15) is 0 Å². The van der Waals surface area contributed by atoms with Crippen molar-refractivity contribution in [3.05, 3.63) is 34.5 Å². The van der Waals surface area contributed by atoms with Gasteiger partial charge in [0, 0.05) is 0 Å². The van der Waals surface area contributed by atoms with Crippen LogP contribution in [-0.2, 0) is 0 Å². The van der Waals surface area contributed by atoms with Crippen LogP contribution in [0.15, 0.2) is 34.5 Å². The molecular weight excluding hydrogens is 399 g/mol. The maximum absolute atomic E-state index is 10.1. The van der Waals surface area contributed by atoms with Crippen LogP contribution < -0.4 is 0 Å². The average molecular weight is 441 g/mol. The van der Waals surface area contributed by atoms with Gasteiger partial charge in [-0.2, -0.15) is 0 Å². The molecule has 2 heteroatoms. The van der Waals surface area contributed by atoms with Crippen LogP contribution in [0.2, 0.25) is 13.3 Å². The minimum absolute atomic E-state index is 0.320. The fourth-order valence-electron chi connectivity index (χ4n) is 3.20. The molecule has 0 unspecified atom stereocenters. The zero-order chi connectivity index (χ0) is 18.1. The topological polar surface area (TPSA) is 20.2 Å². The summed E-state index contributed by atoms with van der Waals surface area (Å²) in [5, 5.41) is 10.1. The second kappa shape index (κ2) is 16.4. The van der Waals surface area contributed by atoms with Gasteiger partial charge in [0.05, 0.1) is 0 Å². The van der Waals surface area contributed by atoms with Gasteiger partial charge in [-0.25, -0.2) is 0 Å². The number of aliphatic hydroxyl groups is 1. The van der Waals surface area contributed by atoms with E-state index in [1.807, 2.05) is 13.0 Å². The van der Waals surface area contributed by atoms with Gasteiger partial charge >= 0.3 is 156 Å². The Bertz CT molecular complexity index is 335. The summed E-state index contributed by atoms with van der Waals surface area (Å²) in [5.41, 5.74) is 0. The van der Waals surface area contributed by atoms with Crippen molar-refractivity contribution in [1.29, 1.82) is 0 Å². The minimum atomic E-state index is -2.14. The molecule has 0 radical (unpaired) electrons. The van der Waals surface area contributed by atoms with E-state index in [9.17, 15) is 5.11 Å². The molecule has 1 N–H and O–H groups in total. The van der Waals surface area contributed by atoms with E-state index in [0.717, 1.165) is 12.8 Å². The molecule has 0 aromatic rings.